The number of rotatable bonds is 3. The second-order valence-electron chi connectivity index (χ2n) is 4.91. The summed E-state index contributed by atoms with van der Waals surface area (Å²) < 4.78 is 5.39. The van der Waals surface area contributed by atoms with Gasteiger partial charge in [-0.15, -0.1) is 0 Å². The molecule has 0 unspecified atom stereocenters. The minimum atomic E-state index is -1.24. The van der Waals surface area contributed by atoms with Crippen molar-refractivity contribution in [3.63, 3.8) is 0 Å². The molecule has 0 saturated carbocycles. The second-order valence-corrected chi connectivity index (χ2v) is 4.91. The maximum absolute atomic E-state index is 12.1. The number of carbonyl (C=O) groups is 1. The van der Waals surface area contributed by atoms with Gasteiger partial charge in [0.15, 0.2) is 0 Å². The van der Waals surface area contributed by atoms with Crippen LogP contribution in [-0.4, -0.2) is 58.3 Å². The monoisotopic (exact) mass is 281 g/mol. The van der Waals surface area contributed by atoms with Crippen molar-refractivity contribution in [3.8, 4) is 0 Å². The summed E-state index contributed by atoms with van der Waals surface area (Å²) in [5, 5.41) is 31.6. The lowest BCUT2D eigenvalue weighted by molar-refractivity contribution is -0.187. The topological polar surface area (TPSA) is 99.0 Å². The number of aliphatic hydroxyl groups excluding tert-OH is 3. The van der Waals surface area contributed by atoms with Crippen LogP contribution >= 0.6 is 0 Å². The van der Waals surface area contributed by atoms with Crippen molar-refractivity contribution in [2.24, 2.45) is 0 Å². The fraction of sp³-hybridized carbons (Fsp3) is 0.500. The number of nitrogens with one attached hydrogen (secondary N) is 1. The van der Waals surface area contributed by atoms with Gasteiger partial charge in [0.05, 0.1) is 18.8 Å². The normalized spacial score (nSPS) is 33.7. The minimum absolute atomic E-state index is 0.347. The van der Waals surface area contributed by atoms with Crippen molar-refractivity contribution in [2.45, 2.75) is 37.4 Å². The lowest BCUT2D eigenvalue weighted by Gasteiger charge is -2.41. The van der Waals surface area contributed by atoms with Crippen molar-refractivity contribution in [1.82, 2.24) is 5.32 Å². The summed E-state index contributed by atoms with van der Waals surface area (Å²) in [5.74, 6) is -0.347. The zero-order valence-electron chi connectivity index (χ0n) is 11.1. The predicted molar refractivity (Wildman–Crippen MR) is 71.1 cm³/mol. The lowest BCUT2D eigenvalue weighted by atomic mass is 9.93. The van der Waals surface area contributed by atoms with E-state index in [4.69, 9.17) is 9.84 Å². The van der Waals surface area contributed by atoms with Crippen LogP contribution in [0.3, 0.4) is 0 Å². The van der Waals surface area contributed by atoms with E-state index in [9.17, 15) is 15.0 Å². The van der Waals surface area contributed by atoms with E-state index >= 15 is 0 Å². The highest BCUT2D eigenvalue weighted by atomic mass is 16.5. The van der Waals surface area contributed by atoms with Gasteiger partial charge in [0, 0.05) is 5.56 Å². The van der Waals surface area contributed by atoms with E-state index in [0.717, 1.165) is 0 Å². The Hall–Kier alpha value is -1.47. The van der Waals surface area contributed by atoms with Crippen LogP contribution in [0.2, 0.25) is 0 Å². The summed E-state index contributed by atoms with van der Waals surface area (Å²) in [6.45, 7) is 1.29. The lowest BCUT2D eigenvalue weighted by Crippen LogP contribution is -2.63. The van der Waals surface area contributed by atoms with Gasteiger partial charge >= 0.3 is 0 Å². The zero-order chi connectivity index (χ0) is 14.7. The van der Waals surface area contributed by atoms with Crippen molar-refractivity contribution in [1.29, 1.82) is 0 Å². The molecule has 1 aliphatic heterocycles. The number of amides is 1. The molecule has 110 valence electrons. The van der Waals surface area contributed by atoms with Crippen molar-refractivity contribution >= 4 is 5.91 Å². The average molecular weight is 281 g/mol. The molecule has 1 aliphatic rings. The third-order valence-electron chi connectivity index (χ3n) is 3.51. The summed E-state index contributed by atoms with van der Waals surface area (Å²) in [6.07, 6.45) is -3.79. The van der Waals surface area contributed by atoms with Crippen LogP contribution in [0.1, 0.15) is 17.3 Å². The van der Waals surface area contributed by atoms with Gasteiger partial charge in [0.2, 0.25) is 0 Å². The molecule has 0 bridgehead atoms. The van der Waals surface area contributed by atoms with Gasteiger partial charge in [-0.25, -0.2) is 0 Å². The largest absolute Gasteiger partial charge is 0.394 e. The number of hydrogen-bond acceptors (Lipinski definition) is 5. The van der Waals surface area contributed by atoms with Crippen LogP contribution in [0.25, 0.3) is 0 Å². The molecule has 4 N–H and O–H groups in total. The van der Waals surface area contributed by atoms with Crippen LogP contribution in [0.15, 0.2) is 30.3 Å². The van der Waals surface area contributed by atoms with Gasteiger partial charge in [-0.2, -0.15) is 0 Å². The third-order valence-corrected chi connectivity index (χ3v) is 3.51. The summed E-state index contributed by atoms with van der Waals surface area (Å²) >= 11 is 0. The van der Waals surface area contributed by atoms with Gasteiger partial charge in [-0.05, 0) is 19.1 Å². The van der Waals surface area contributed by atoms with Crippen LogP contribution in [0.5, 0.6) is 0 Å². The molecule has 1 heterocycles. The number of ether oxygens (including phenoxy) is 1. The molecule has 1 aromatic carbocycles. The van der Waals surface area contributed by atoms with Gasteiger partial charge in [-0.3, -0.25) is 4.79 Å². The maximum Gasteiger partial charge on any atom is 0.251 e. The summed E-state index contributed by atoms with van der Waals surface area (Å²) in [4.78, 5) is 12.1. The van der Waals surface area contributed by atoms with Crippen LogP contribution in [0.4, 0.5) is 0 Å². The Morgan fingerprint density at radius 1 is 1.25 bits per heavy atom. The average Bonchev–Trinajstić information content (AvgIpc) is 2.48. The van der Waals surface area contributed by atoms with E-state index < -0.39 is 30.5 Å². The quantitative estimate of drug-likeness (QED) is 0.586. The van der Waals surface area contributed by atoms with E-state index in [-0.39, 0.29) is 12.5 Å². The first-order chi connectivity index (χ1) is 9.54. The standard InChI is InChI=1S/C14H19NO5/c1-8-11(13(18)12(17)10(7-16)20-8)15-14(19)9-5-3-2-4-6-9/h2-6,8,10-13,16-18H,7H2,1H3,(H,15,19)/t8-,10-,11+,12+,13-/m0/s1. The Kier molecular flexibility index (Phi) is 4.72. The summed E-state index contributed by atoms with van der Waals surface area (Å²) in [6, 6.07) is 7.85. The van der Waals surface area contributed by atoms with E-state index in [1.807, 2.05) is 0 Å². The zero-order valence-corrected chi connectivity index (χ0v) is 11.1. The molecule has 6 heteroatoms. The molecule has 0 aliphatic carbocycles. The highest BCUT2D eigenvalue weighted by molar-refractivity contribution is 5.94. The van der Waals surface area contributed by atoms with E-state index in [1.54, 1.807) is 37.3 Å². The predicted octanol–water partition coefficient (Wildman–Crippen LogP) is -0.714. The Balaban J connectivity index is 2.07. The molecule has 0 radical (unpaired) electrons. The maximum atomic E-state index is 12.1. The molecule has 2 rings (SSSR count). The highest BCUT2D eigenvalue weighted by Crippen LogP contribution is 2.21. The molecule has 5 atom stereocenters. The molecule has 1 amide bonds. The fourth-order valence-electron chi connectivity index (χ4n) is 2.33. The van der Waals surface area contributed by atoms with E-state index in [1.165, 1.54) is 0 Å². The van der Waals surface area contributed by atoms with Crippen molar-refractivity contribution in [2.75, 3.05) is 6.61 Å². The first-order valence-electron chi connectivity index (χ1n) is 6.53. The SMILES string of the molecule is C[C@@H]1O[C@@H](CO)[C@@H](O)[C@@H](O)[C@@H]1NC(=O)c1ccccc1. The van der Waals surface area contributed by atoms with Crippen LogP contribution in [0, 0.1) is 0 Å². The fourth-order valence-corrected chi connectivity index (χ4v) is 2.33. The van der Waals surface area contributed by atoms with Crippen molar-refractivity contribution < 1.29 is 24.9 Å². The second kappa shape index (κ2) is 6.32. The first kappa shape index (κ1) is 14.9. The third kappa shape index (κ3) is 2.99. The highest BCUT2D eigenvalue weighted by Gasteiger charge is 2.42. The molecule has 20 heavy (non-hydrogen) atoms. The smallest absolute Gasteiger partial charge is 0.251 e. The molecule has 0 aromatic heterocycles. The van der Waals surface area contributed by atoms with Gasteiger partial charge in [-0.1, -0.05) is 18.2 Å². The molecule has 1 saturated heterocycles. The van der Waals surface area contributed by atoms with Gasteiger partial charge < -0.3 is 25.4 Å². The van der Waals surface area contributed by atoms with Crippen LogP contribution < -0.4 is 5.32 Å². The molecular formula is C14H19NO5. The molecule has 1 fully saturated rings. The Morgan fingerprint density at radius 2 is 1.90 bits per heavy atom. The van der Waals surface area contributed by atoms with E-state index in [0.29, 0.717) is 5.56 Å². The van der Waals surface area contributed by atoms with E-state index in [2.05, 4.69) is 5.32 Å². The molecule has 0 spiro atoms. The van der Waals surface area contributed by atoms with Crippen molar-refractivity contribution in [3.05, 3.63) is 35.9 Å². The molecule has 6 nitrogen and oxygen atoms in total. The Labute approximate surface area is 117 Å². The van der Waals surface area contributed by atoms with Crippen LogP contribution in [-0.2, 0) is 4.74 Å². The number of carbonyl (C=O) groups excluding carboxylic acids is 1. The van der Waals surface area contributed by atoms with Gasteiger partial charge in [0.1, 0.15) is 18.3 Å². The molecular weight excluding hydrogens is 262 g/mol. The van der Waals surface area contributed by atoms with Gasteiger partial charge in [0.25, 0.3) is 5.91 Å². The number of hydrogen-bond donors (Lipinski definition) is 4. The Bertz CT molecular complexity index is 452. The number of benzene rings is 1. The number of aliphatic hydroxyl groups is 3. The minimum Gasteiger partial charge on any atom is -0.394 e. The molecule has 1 aromatic rings. The first-order valence-corrected chi connectivity index (χ1v) is 6.53. The summed E-state index contributed by atoms with van der Waals surface area (Å²) in [5.41, 5.74) is 0.464. The Morgan fingerprint density at radius 3 is 2.50 bits per heavy atom. The summed E-state index contributed by atoms with van der Waals surface area (Å²) in [7, 11) is 0.